The molecule has 1 aliphatic rings. The van der Waals surface area contributed by atoms with Crippen LogP contribution in [-0.4, -0.2) is 89.1 Å². The van der Waals surface area contributed by atoms with E-state index in [2.05, 4.69) is 22.0 Å². The van der Waals surface area contributed by atoms with Crippen LogP contribution in [0.3, 0.4) is 0 Å². The molecule has 0 aromatic heterocycles. The predicted molar refractivity (Wildman–Crippen MR) is 74.1 cm³/mol. The summed E-state index contributed by atoms with van der Waals surface area (Å²) in [5.41, 5.74) is 0. The van der Waals surface area contributed by atoms with Crippen LogP contribution in [0.4, 0.5) is 0 Å². The van der Waals surface area contributed by atoms with Crippen LogP contribution in [-0.2, 0) is 9.47 Å². The van der Waals surface area contributed by atoms with Gasteiger partial charge in [-0.25, -0.2) is 0 Å². The van der Waals surface area contributed by atoms with Gasteiger partial charge in [0.1, 0.15) is 0 Å². The maximum absolute atomic E-state index is 5.25. The smallest absolute Gasteiger partial charge is 0.0615 e. The Bertz CT molecular complexity index is 199. The second-order valence-electron chi connectivity index (χ2n) is 4.92. The zero-order valence-corrected chi connectivity index (χ0v) is 12.2. The van der Waals surface area contributed by atoms with Crippen LogP contribution in [0.1, 0.15) is 6.92 Å². The van der Waals surface area contributed by atoms with Gasteiger partial charge >= 0.3 is 0 Å². The van der Waals surface area contributed by atoms with E-state index in [0.717, 1.165) is 59.0 Å². The van der Waals surface area contributed by atoms with Crippen molar-refractivity contribution < 1.29 is 9.47 Å². The van der Waals surface area contributed by atoms with Crippen molar-refractivity contribution in [1.82, 2.24) is 15.1 Å². The molecule has 1 aliphatic heterocycles. The molecule has 0 aliphatic carbocycles. The van der Waals surface area contributed by atoms with Crippen LogP contribution in [0.5, 0.6) is 0 Å². The summed E-state index contributed by atoms with van der Waals surface area (Å²) >= 11 is 0. The van der Waals surface area contributed by atoms with E-state index in [1.807, 2.05) is 0 Å². The number of rotatable bonds is 9. The van der Waals surface area contributed by atoms with Gasteiger partial charge in [0.2, 0.25) is 0 Å². The fourth-order valence-corrected chi connectivity index (χ4v) is 2.31. The molecule has 0 aromatic carbocycles. The molecule has 5 heteroatoms. The normalized spacial score (nSPS) is 19.3. The SMILES string of the molecule is COCCN(CCN1CCNCC1)C(C)COC. The molecule has 0 aromatic rings. The van der Waals surface area contributed by atoms with E-state index in [4.69, 9.17) is 9.47 Å². The molecule has 0 amide bonds. The van der Waals surface area contributed by atoms with Crippen LogP contribution in [0.2, 0.25) is 0 Å². The summed E-state index contributed by atoms with van der Waals surface area (Å²) in [5, 5.41) is 3.38. The highest BCUT2D eigenvalue weighted by Gasteiger charge is 2.16. The van der Waals surface area contributed by atoms with Gasteiger partial charge in [-0.2, -0.15) is 0 Å². The van der Waals surface area contributed by atoms with E-state index in [9.17, 15) is 0 Å². The van der Waals surface area contributed by atoms with Crippen LogP contribution in [0, 0.1) is 0 Å². The minimum atomic E-state index is 0.452. The standard InChI is InChI=1S/C13H29N3O2/c1-13(12-18-3)16(10-11-17-2)9-8-15-6-4-14-5-7-15/h13-14H,4-12H2,1-3H3. The Hall–Kier alpha value is -0.200. The van der Waals surface area contributed by atoms with E-state index < -0.39 is 0 Å². The monoisotopic (exact) mass is 259 g/mol. The fraction of sp³-hybridized carbons (Fsp3) is 1.00. The fourth-order valence-electron chi connectivity index (χ4n) is 2.31. The van der Waals surface area contributed by atoms with Crippen LogP contribution < -0.4 is 5.32 Å². The van der Waals surface area contributed by atoms with Crippen molar-refractivity contribution in [3.63, 3.8) is 0 Å². The highest BCUT2D eigenvalue weighted by Crippen LogP contribution is 2.01. The molecule has 108 valence electrons. The first-order chi connectivity index (χ1) is 8.77. The summed E-state index contributed by atoms with van der Waals surface area (Å²) < 4.78 is 10.4. The van der Waals surface area contributed by atoms with Crippen LogP contribution in [0.25, 0.3) is 0 Å². The molecule has 0 saturated carbocycles. The minimum Gasteiger partial charge on any atom is -0.383 e. The number of nitrogens with one attached hydrogen (secondary N) is 1. The second-order valence-corrected chi connectivity index (χ2v) is 4.92. The van der Waals surface area contributed by atoms with Gasteiger partial charge in [0.15, 0.2) is 0 Å². The first-order valence-electron chi connectivity index (χ1n) is 6.93. The minimum absolute atomic E-state index is 0.452. The third kappa shape index (κ3) is 6.11. The Morgan fingerprint density at radius 2 is 1.89 bits per heavy atom. The Morgan fingerprint density at radius 1 is 1.17 bits per heavy atom. The maximum atomic E-state index is 5.25. The van der Waals surface area contributed by atoms with Crippen molar-refractivity contribution >= 4 is 0 Å². The number of methoxy groups -OCH3 is 2. The van der Waals surface area contributed by atoms with Crippen LogP contribution >= 0.6 is 0 Å². The molecule has 1 N–H and O–H groups in total. The van der Waals surface area contributed by atoms with Gasteiger partial charge in [0.25, 0.3) is 0 Å². The number of nitrogens with zero attached hydrogens (tertiary/aromatic N) is 2. The first kappa shape index (κ1) is 15.9. The van der Waals surface area contributed by atoms with Gasteiger partial charge in [-0.1, -0.05) is 0 Å². The van der Waals surface area contributed by atoms with Crippen molar-refractivity contribution in [2.75, 3.05) is 73.2 Å². The van der Waals surface area contributed by atoms with E-state index in [0.29, 0.717) is 6.04 Å². The summed E-state index contributed by atoms with van der Waals surface area (Å²) in [6.45, 7) is 11.6. The third-order valence-corrected chi connectivity index (χ3v) is 3.53. The molecule has 0 radical (unpaired) electrons. The lowest BCUT2D eigenvalue weighted by Gasteiger charge is -2.33. The van der Waals surface area contributed by atoms with Gasteiger partial charge in [-0.3, -0.25) is 9.80 Å². The maximum Gasteiger partial charge on any atom is 0.0615 e. The Kier molecular flexibility index (Phi) is 8.54. The van der Waals surface area contributed by atoms with Gasteiger partial charge in [-0.05, 0) is 6.92 Å². The van der Waals surface area contributed by atoms with Gasteiger partial charge < -0.3 is 14.8 Å². The largest absolute Gasteiger partial charge is 0.383 e. The Morgan fingerprint density at radius 3 is 2.50 bits per heavy atom. The molecular formula is C13H29N3O2. The van der Waals surface area contributed by atoms with Crippen LogP contribution in [0.15, 0.2) is 0 Å². The summed E-state index contributed by atoms with van der Waals surface area (Å²) in [5.74, 6) is 0. The van der Waals surface area contributed by atoms with Gasteiger partial charge in [0, 0.05) is 66.1 Å². The van der Waals surface area contributed by atoms with Crippen molar-refractivity contribution in [1.29, 1.82) is 0 Å². The lowest BCUT2D eigenvalue weighted by Crippen LogP contribution is -2.48. The van der Waals surface area contributed by atoms with Crippen molar-refractivity contribution in [3.8, 4) is 0 Å². The molecular weight excluding hydrogens is 230 g/mol. The number of ether oxygens (including phenoxy) is 2. The van der Waals surface area contributed by atoms with E-state index in [1.54, 1.807) is 14.2 Å². The summed E-state index contributed by atoms with van der Waals surface area (Å²) in [7, 11) is 3.52. The Labute approximate surface area is 111 Å². The van der Waals surface area contributed by atoms with Crippen molar-refractivity contribution in [2.45, 2.75) is 13.0 Å². The summed E-state index contributed by atoms with van der Waals surface area (Å²) in [4.78, 5) is 4.98. The molecule has 0 spiro atoms. The highest BCUT2D eigenvalue weighted by molar-refractivity contribution is 4.72. The third-order valence-electron chi connectivity index (χ3n) is 3.53. The molecule has 1 fully saturated rings. The second kappa shape index (κ2) is 9.69. The van der Waals surface area contributed by atoms with E-state index in [1.165, 1.54) is 0 Å². The molecule has 1 heterocycles. The highest BCUT2D eigenvalue weighted by atomic mass is 16.5. The molecule has 0 bridgehead atoms. The molecule has 1 rings (SSSR count). The summed E-state index contributed by atoms with van der Waals surface area (Å²) in [6.07, 6.45) is 0. The first-order valence-corrected chi connectivity index (χ1v) is 6.93. The van der Waals surface area contributed by atoms with E-state index >= 15 is 0 Å². The lowest BCUT2D eigenvalue weighted by atomic mass is 10.2. The van der Waals surface area contributed by atoms with Gasteiger partial charge in [0.05, 0.1) is 13.2 Å². The average molecular weight is 259 g/mol. The molecule has 18 heavy (non-hydrogen) atoms. The topological polar surface area (TPSA) is 37.0 Å². The molecule has 5 nitrogen and oxygen atoms in total. The molecule has 1 saturated heterocycles. The quantitative estimate of drug-likeness (QED) is 0.624. The Balaban J connectivity index is 2.29. The van der Waals surface area contributed by atoms with Crippen molar-refractivity contribution in [2.24, 2.45) is 0 Å². The molecule has 1 atom stereocenters. The van der Waals surface area contributed by atoms with Gasteiger partial charge in [-0.15, -0.1) is 0 Å². The lowest BCUT2D eigenvalue weighted by molar-refractivity contribution is 0.0665. The predicted octanol–water partition coefficient (Wildman–Crippen LogP) is -0.125. The number of hydrogen-bond donors (Lipinski definition) is 1. The van der Waals surface area contributed by atoms with E-state index in [-0.39, 0.29) is 0 Å². The van der Waals surface area contributed by atoms with Crippen molar-refractivity contribution in [3.05, 3.63) is 0 Å². The number of piperazine rings is 1. The number of hydrogen-bond acceptors (Lipinski definition) is 5. The molecule has 1 unspecified atom stereocenters. The average Bonchev–Trinajstić information content (AvgIpc) is 2.40. The zero-order chi connectivity index (χ0) is 13.2. The zero-order valence-electron chi connectivity index (χ0n) is 12.2. The summed E-state index contributed by atoms with van der Waals surface area (Å²) in [6, 6.07) is 0.452.